The van der Waals surface area contributed by atoms with Crippen LogP contribution >= 0.6 is 7.37 Å². The summed E-state index contributed by atoms with van der Waals surface area (Å²) in [5.41, 5.74) is 13.7. The fraction of sp³-hybridized carbons (Fsp3) is 0.593. The van der Waals surface area contributed by atoms with Crippen molar-refractivity contribution in [1.29, 1.82) is 0 Å². The maximum Gasteiger partial charge on any atom is 0.414 e. The minimum absolute atomic E-state index is 0.0123. The molecule has 20 N–H and O–H groups in total. The Hall–Kier alpha value is -10.9. The highest BCUT2D eigenvalue weighted by Crippen LogP contribution is 2.44. The number of phenols is 1. The summed E-state index contributed by atoms with van der Waals surface area (Å²) in [7, 11) is -4.04. The zero-order valence-corrected chi connectivity index (χ0v) is 72.7. The topological polar surface area (TPSA) is 664 Å². The first kappa shape index (κ1) is 110. The van der Waals surface area contributed by atoms with Crippen molar-refractivity contribution < 1.29 is 154 Å². The molecule has 0 aliphatic carbocycles. The molecule has 3 rings (SSSR count). The third-order valence-corrected chi connectivity index (χ3v) is 19.8. The molecule has 0 saturated carbocycles. The molecule has 3 aromatic carbocycles. The predicted molar refractivity (Wildman–Crippen MR) is 452 cm³/mol. The van der Waals surface area contributed by atoms with E-state index in [4.69, 9.17) is 73.8 Å². The molecule has 0 aliphatic heterocycles. The third-order valence-electron chi connectivity index (χ3n) is 17.9. The number of rotatable bonds is 71. The number of aliphatic hydroxyl groups excluding tert-OH is 1. The van der Waals surface area contributed by atoms with Crippen molar-refractivity contribution in [2.75, 3.05) is 184 Å². The second-order valence-corrected chi connectivity index (χ2v) is 31.5. The van der Waals surface area contributed by atoms with Crippen LogP contribution in [0.4, 0.5) is 4.79 Å². The summed E-state index contributed by atoms with van der Waals surface area (Å²) >= 11 is 0. The van der Waals surface area contributed by atoms with Gasteiger partial charge in [0.15, 0.2) is 5.96 Å². The zero-order chi connectivity index (χ0) is 93.8. The highest BCUT2D eigenvalue weighted by Gasteiger charge is 2.34. The van der Waals surface area contributed by atoms with Gasteiger partial charge in [0.05, 0.1) is 144 Å². The van der Waals surface area contributed by atoms with Crippen LogP contribution in [0.25, 0.3) is 11.1 Å². The number of guanidine groups is 1. The molecule has 3 aromatic rings. The molecule has 710 valence electrons. The molecule has 0 spiro atoms. The Balaban J connectivity index is 1.39. The average Bonchev–Trinajstić information content (AvgIpc) is 0.824. The molecule has 7 atom stereocenters. The van der Waals surface area contributed by atoms with E-state index < -0.39 is 190 Å². The lowest BCUT2D eigenvalue weighted by atomic mass is 9.95. The molecule has 0 aromatic heterocycles. The second kappa shape index (κ2) is 63.9. The summed E-state index contributed by atoms with van der Waals surface area (Å²) in [6.45, 7) is 5.45. The van der Waals surface area contributed by atoms with E-state index in [2.05, 4.69) is 58.2 Å². The highest BCUT2D eigenvalue weighted by atomic mass is 31.2. The molecular weight excluding hydrogens is 1700 g/mol. The first-order valence-electron chi connectivity index (χ1n) is 41.0. The number of carbonyl (C=O) groups excluding carboxylic acids is 11. The van der Waals surface area contributed by atoms with Gasteiger partial charge >= 0.3 is 24.0 Å². The Kier molecular flexibility index (Phi) is 55.5. The number of carboxylic acids is 3. The normalized spacial score (nSPS) is 13.3. The van der Waals surface area contributed by atoms with Crippen LogP contribution in [0.2, 0.25) is 0 Å². The Labute approximate surface area is 734 Å². The number of alkyl carbamates (subject to hydrolysis) is 1. The van der Waals surface area contributed by atoms with Crippen LogP contribution in [0.5, 0.6) is 5.75 Å². The number of nitrogens with one attached hydrogen (secondary N) is 10. The van der Waals surface area contributed by atoms with Crippen LogP contribution < -0.4 is 64.6 Å². The highest BCUT2D eigenvalue weighted by molar-refractivity contribution is 7.58. The monoisotopic (exact) mass is 1820 g/mol. The number of amides is 11. The predicted octanol–water partition coefficient (Wildman–Crippen LogP) is -2.36. The molecule has 45 nitrogen and oxygen atoms in total. The molecule has 0 saturated heterocycles. The Morgan fingerprint density at radius 3 is 1.52 bits per heavy atom. The van der Waals surface area contributed by atoms with Crippen LogP contribution in [-0.2, 0) is 131 Å². The summed E-state index contributed by atoms with van der Waals surface area (Å²) in [6, 6.07) is 16.2. The molecule has 0 heterocycles. The maximum atomic E-state index is 14.0. The van der Waals surface area contributed by atoms with E-state index in [1.165, 1.54) is 24.3 Å². The van der Waals surface area contributed by atoms with E-state index in [-0.39, 0.29) is 195 Å². The number of ether oxygens (including phenoxy) is 11. The largest absolute Gasteiger partial charge is 0.508 e. The van der Waals surface area contributed by atoms with Gasteiger partial charge in [0.2, 0.25) is 66.4 Å². The number of hydrogen-bond acceptors (Lipinski definition) is 29. The van der Waals surface area contributed by atoms with E-state index in [9.17, 15) is 91.9 Å². The van der Waals surface area contributed by atoms with Crippen molar-refractivity contribution in [1.82, 2.24) is 53.2 Å². The quantitative estimate of drug-likeness (QED) is 0.0122. The van der Waals surface area contributed by atoms with E-state index in [1.807, 2.05) is 54.6 Å². The SMILES string of the molecule is CC(C)C(NC(=O)C(Cc1ccc(O)cc1)NC(=O)CCOCCOCCOCCNC(=O)C(CC(=O)NCCOCCOCCOCCNC(=O)CCP(=O)(O)CC(CCC(=O)O)C(=O)O)NC(=O)COCCOCCOCCOCC(=O)O)C(=O)NCC(=O)NC(CO)C(=O)NC(CCCN=C(N)NC(=O)OC(C)(C)c1ccc(-c2ccccc2)cc1)C(N)=O. The standard InChI is InChI=1S/C81H124N13O32P/c1-54(2)72(77(110)88-49-68(100)91-64(50-95)76(109)92-61(73(82)106)11-8-24-87-79(83)94-80(113)126-81(3,4)59-17-14-57(15-18-59)56-9-6-5-7-10-56)93-75(108)62(47-55-12-19-60(96)20-13-55)89-66(98)22-28-116-32-36-120-39-35-119-31-27-86-74(107)63(90-69(101)51-124-44-42-122-40-41-123-43-45-125-52-71(104)105)48-67(99)85-26-30-118-34-38-121-37-33-117-29-25-84-65(97)23-46-127(114,115)53-58(78(111)112)16-21-70(102)103/h5-7,9-10,12-15,17-20,54,58,61-64,72,95-96H,8,11,16,21-53H2,1-4H3,(H2,82,106)(H,84,97)(H,85,99)(H,86,107)(H,88,110)(H,89,98)(H,90,101)(H,91,100)(H,92,109)(H,93,108)(H,102,103)(H,104,105)(H,111,112)(H,114,115)(H3,83,87,94,113). The molecule has 7 unspecified atom stereocenters. The van der Waals surface area contributed by atoms with E-state index in [1.54, 1.807) is 27.7 Å². The van der Waals surface area contributed by atoms with Crippen molar-refractivity contribution in [3.8, 4) is 16.9 Å². The minimum Gasteiger partial charge on any atom is -0.508 e. The Bertz CT molecular complexity index is 3950. The molecule has 0 radical (unpaired) electrons. The number of nitrogens with two attached hydrogens (primary N) is 2. The first-order chi connectivity index (χ1) is 60.6. The van der Waals surface area contributed by atoms with Gasteiger partial charge in [0, 0.05) is 64.2 Å². The molecule has 127 heavy (non-hydrogen) atoms. The number of aliphatic imine (C=N–C) groups is 1. The van der Waals surface area contributed by atoms with Crippen molar-refractivity contribution in [3.05, 3.63) is 90.0 Å². The summed E-state index contributed by atoms with van der Waals surface area (Å²) < 4.78 is 72.1. The average molecular weight is 1820 g/mol. The van der Waals surface area contributed by atoms with Gasteiger partial charge in [-0.25, -0.2) is 9.59 Å². The van der Waals surface area contributed by atoms with Gasteiger partial charge in [0.25, 0.3) is 0 Å². The fourth-order valence-electron chi connectivity index (χ4n) is 11.2. The molecule has 0 bridgehead atoms. The number of carboxylic acid groups (broad SMARTS) is 3. The number of aromatic hydroxyl groups is 1. The number of nitrogens with zero attached hydrogens (tertiary/aromatic N) is 1. The minimum atomic E-state index is -4.04. The van der Waals surface area contributed by atoms with Gasteiger partial charge in [-0.3, -0.25) is 72.4 Å². The van der Waals surface area contributed by atoms with Gasteiger partial charge in [-0.1, -0.05) is 80.6 Å². The molecule has 11 amide bonds. The van der Waals surface area contributed by atoms with Crippen LogP contribution in [0.15, 0.2) is 83.9 Å². The fourth-order valence-corrected chi connectivity index (χ4v) is 12.9. The van der Waals surface area contributed by atoms with E-state index in [0.717, 1.165) is 11.1 Å². The van der Waals surface area contributed by atoms with Crippen LogP contribution in [0.1, 0.15) is 83.8 Å². The first-order valence-corrected chi connectivity index (χ1v) is 43.1. The Morgan fingerprint density at radius 1 is 0.480 bits per heavy atom. The molecule has 0 fully saturated rings. The summed E-state index contributed by atoms with van der Waals surface area (Å²) in [5, 5.41) is 71.6. The van der Waals surface area contributed by atoms with Gasteiger partial charge in [-0.2, -0.15) is 0 Å². The summed E-state index contributed by atoms with van der Waals surface area (Å²) in [5.74, 6) is -13.8. The number of aliphatic carboxylic acids is 3. The van der Waals surface area contributed by atoms with Crippen molar-refractivity contribution in [2.24, 2.45) is 28.3 Å². The van der Waals surface area contributed by atoms with Crippen LogP contribution in [-0.4, -0.2) is 333 Å². The lowest BCUT2D eigenvalue weighted by Gasteiger charge is -2.26. The van der Waals surface area contributed by atoms with Crippen molar-refractivity contribution in [2.45, 2.75) is 115 Å². The Morgan fingerprint density at radius 2 is 0.984 bits per heavy atom. The number of carbonyl (C=O) groups is 14. The molecule has 46 heteroatoms. The summed E-state index contributed by atoms with van der Waals surface area (Å²) in [6.07, 6.45) is -3.96. The lowest BCUT2D eigenvalue weighted by molar-refractivity contribution is -0.143. The van der Waals surface area contributed by atoms with E-state index in [0.29, 0.717) is 11.1 Å². The zero-order valence-electron chi connectivity index (χ0n) is 71.8. The van der Waals surface area contributed by atoms with Crippen LogP contribution in [0, 0.1) is 11.8 Å². The number of aliphatic hydroxyl groups is 1. The maximum absolute atomic E-state index is 14.0. The van der Waals surface area contributed by atoms with Gasteiger partial charge in [0.1, 0.15) is 54.8 Å². The number of phenolic OH excluding ortho intramolecular Hbond substituents is 1. The van der Waals surface area contributed by atoms with Crippen molar-refractivity contribution in [3.63, 3.8) is 0 Å². The van der Waals surface area contributed by atoms with Crippen molar-refractivity contribution >= 4 is 96.4 Å². The lowest BCUT2D eigenvalue weighted by Crippen LogP contribution is -2.58. The smallest absolute Gasteiger partial charge is 0.414 e. The van der Waals surface area contributed by atoms with E-state index >= 15 is 0 Å². The number of benzene rings is 3. The van der Waals surface area contributed by atoms with Crippen LogP contribution in [0.3, 0.4) is 0 Å². The third kappa shape index (κ3) is 52.1. The molecular formula is C81H124N13O32P. The number of primary amides is 1. The van der Waals surface area contributed by atoms with Gasteiger partial charge < -0.3 is 142 Å². The summed E-state index contributed by atoms with van der Waals surface area (Å²) in [4.78, 5) is 191. The number of hydrogen-bond donors (Lipinski definition) is 18. The van der Waals surface area contributed by atoms with Gasteiger partial charge in [-0.05, 0) is 73.4 Å². The van der Waals surface area contributed by atoms with Gasteiger partial charge in [-0.15, -0.1) is 0 Å². The second-order valence-electron chi connectivity index (χ2n) is 29.0. The molecule has 0 aliphatic rings.